The van der Waals surface area contributed by atoms with Crippen molar-refractivity contribution in [3.05, 3.63) is 15.9 Å². The molecule has 0 aromatic carbocycles. The summed E-state index contributed by atoms with van der Waals surface area (Å²) in [6.07, 6.45) is 6.65. The summed E-state index contributed by atoms with van der Waals surface area (Å²) in [5.41, 5.74) is 7.64. The Morgan fingerprint density at radius 1 is 1.40 bits per heavy atom. The molecule has 1 aliphatic carbocycles. The van der Waals surface area contributed by atoms with Crippen LogP contribution in [-0.4, -0.2) is 22.1 Å². The van der Waals surface area contributed by atoms with Gasteiger partial charge in [-0.25, -0.2) is 0 Å². The smallest absolute Gasteiger partial charge is 0.146 e. The second kappa shape index (κ2) is 6.39. The molecule has 20 heavy (non-hydrogen) atoms. The van der Waals surface area contributed by atoms with E-state index in [-0.39, 0.29) is 11.2 Å². The van der Waals surface area contributed by atoms with Crippen molar-refractivity contribution in [3.63, 3.8) is 0 Å². The van der Waals surface area contributed by atoms with Crippen molar-refractivity contribution in [2.75, 3.05) is 6.54 Å². The average molecular weight is 342 g/mol. The minimum Gasteiger partial charge on any atom is -0.329 e. The zero-order valence-corrected chi connectivity index (χ0v) is 14.0. The molecular formula is C15H24BrN3O. The molecule has 0 aliphatic heterocycles. The second-order valence-corrected chi connectivity index (χ2v) is 6.62. The van der Waals surface area contributed by atoms with Gasteiger partial charge in [0, 0.05) is 19.0 Å². The van der Waals surface area contributed by atoms with E-state index < -0.39 is 0 Å². The van der Waals surface area contributed by atoms with Crippen molar-refractivity contribution in [1.82, 2.24) is 9.78 Å². The molecule has 2 rings (SSSR count). The fraction of sp³-hybridized carbons (Fsp3) is 0.733. The molecule has 0 atom stereocenters. The molecule has 1 aromatic heterocycles. The SMILES string of the molecule is CCc1nn(C)c(CC(=O)C2(CN)CCCCC2)c1Br. The number of aromatic nitrogens is 2. The van der Waals surface area contributed by atoms with E-state index >= 15 is 0 Å². The highest BCUT2D eigenvalue weighted by atomic mass is 79.9. The third kappa shape index (κ3) is 2.84. The summed E-state index contributed by atoms with van der Waals surface area (Å²) in [5.74, 6) is 0.283. The van der Waals surface area contributed by atoms with E-state index in [0.717, 1.165) is 48.0 Å². The van der Waals surface area contributed by atoms with Crippen molar-refractivity contribution in [2.24, 2.45) is 18.2 Å². The quantitative estimate of drug-likeness (QED) is 0.895. The van der Waals surface area contributed by atoms with Crippen LogP contribution < -0.4 is 5.73 Å². The molecule has 1 saturated carbocycles. The third-order valence-corrected chi connectivity index (χ3v) is 5.54. The minimum absolute atomic E-state index is 0.283. The fourth-order valence-corrected chi connectivity index (χ4v) is 3.93. The normalized spacial score (nSPS) is 18.2. The van der Waals surface area contributed by atoms with Crippen LogP contribution in [0.2, 0.25) is 0 Å². The third-order valence-electron chi connectivity index (χ3n) is 4.62. The second-order valence-electron chi connectivity index (χ2n) is 5.83. The van der Waals surface area contributed by atoms with Crippen molar-refractivity contribution >= 4 is 21.7 Å². The lowest BCUT2D eigenvalue weighted by molar-refractivity contribution is -0.129. The van der Waals surface area contributed by atoms with Crippen LogP contribution in [0.5, 0.6) is 0 Å². The van der Waals surface area contributed by atoms with E-state index in [1.165, 1.54) is 6.42 Å². The first kappa shape index (κ1) is 15.7. The highest BCUT2D eigenvalue weighted by Crippen LogP contribution is 2.37. The predicted octanol–water partition coefficient (Wildman–Crippen LogP) is 2.77. The van der Waals surface area contributed by atoms with Gasteiger partial charge in [-0.15, -0.1) is 0 Å². The van der Waals surface area contributed by atoms with Crippen molar-refractivity contribution < 1.29 is 4.79 Å². The van der Waals surface area contributed by atoms with E-state index in [1.807, 2.05) is 11.7 Å². The molecule has 0 amide bonds. The number of hydrogen-bond donors (Lipinski definition) is 1. The number of Topliss-reactive ketones (excluding diaryl/α,β-unsaturated/α-hetero) is 1. The highest BCUT2D eigenvalue weighted by molar-refractivity contribution is 9.10. The van der Waals surface area contributed by atoms with Gasteiger partial charge in [0.05, 0.1) is 22.3 Å². The number of ketones is 1. The number of nitrogens with zero attached hydrogens (tertiary/aromatic N) is 2. The monoisotopic (exact) mass is 341 g/mol. The maximum atomic E-state index is 12.8. The van der Waals surface area contributed by atoms with Gasteiger partial charge in [-0.1, -0.05) is 26.2 Å². The van der Waals surface area contributed by atoms with Gasteiger partial charge < -0.3 is 5.73 Å². The van der Waals surface area contributed by atoms with Gasteiger partial charge in [-0.05, 0) is 35.2 Å². The molecule has 1 heterocycles. The molecule has 0 unspecified atom stereocenters. The van der Waals surface area contributed by atoms with Gasteiger partial charge in [0.2, 0.25) is 0 Å². The Hall–Kier alpha value is -0.680. The van der Waals surface area contributed by atoms with Crippen LogP contribution in [0.4, 0.5) is 0 Å². The maximum Gasteiger partial charge on any atom is 0.146 e. The van der Waals surface area contributed by atoms with Gasteiger partial charge in [0.15, 0.2) is 0 Å². The molecular weight excluding hydrogens is 318 g/mol. The molecule has 0 bridgehead atoms. The lowest BCUT2D eigenvalue weighted by atomic mass is 9.70. The summed E-state index contributed by atoms with van der Waals surface area (Å²) in [6, 6.07) is 0. The Morgan fingerprint density at radius 3 is 2.55 bits per heavy atom. The van der Waals surface area contributed by atoms with Crippen LogP contribution in [0.25, 0.3) is 0 Å². The fourth-order valence-electron chi connectivity index (χ4n) is 3.18. The van der Waals surface area contributed by atoms with E-state index in [4.69, 9.17) is 5.73 Å². The average Bonchev–Trinajstić information content (AvgIpc) is 2.75. The van der Waals surface area contributed by atoms with Crippen molar-refractivity contribution in [1.29, 1.82) is 0 Å². The van der Waals surface area contributed by atoms with Gasteiger partial charge in [0.25, 0.3) is 0 Å². The first-order valence-electron chi connectivity index (χ1n) is 7.47. The van der Waals surface area contributed by atoms with Crippen LogP contribution >= 0.6 is 15.9 Å². The lowest BCUT2D eigenvalue weighted by Gasteiger charge is -2.34. The standard InChI is InChI=1S/C15H24BrN3O/c1-3-11-14(16)12(19(2)18-11)9-13(20)15(10-17)7-5-4-6-8-15/h3-10,17H2,1-2H3. The largest absolute Gasteiger partial charge is 0.329 e. The highest BCUT2D eigenvalue weighted by Gasteiger charge is 2.38. The number of hydrogen-bond acceptors (Lipinski definition) is 3. The summed E-state index contributed by atoms with van der Waals surface area (Å²) in [6.45, 7) is 2.54. The molecule has 0 spiro atoms. The molecule has 1 aliphatic rings. The maximum absolute atomic E-state index is 12.8. The van der Waals surface area contributed by atoms with Gasteiger partial charge in [-0.3, -0.25) is 9.48 Å². The van der Waals surface area contributed by atoms with E-state index in [0.29, 0.717) is 13.0 Å². The van der Waals surface area contributed by atoms with Crippen LogP contribution in [0, 0.1) is 5.41 Å². The van der Waals surface area contributed by atoms with E-state index in [9.17, 15) is 4.79 Å². The molecule has 0 radical (unpaired) electrons. The summed E-state index contributed by atoms with van der Waals surface area (Å²) >= 11 is 3.59. The van der Waals surface area contributed by atoms with Crippen LogP contribution in [0.1, 0.15) is 50.4 Å². The summed E-state index contributed by atoms with van der Waals surface area (Å²) in [4.78, 5) is 12.8. The number of halogens is 1. The zero-order chi connectivity index (χ0) is 14.8. The van der Waals surface area contributed by atoms with E-state index in [2.05, 4.69) is 28.0 Å². The Kier molecular flexibility index (Phi) is 5.02. The lowest BCUT2D eigenvalue weighted by Crippen LogP contribution is -2.41. The molecule has 5 heteroatoms. The van der Waals surface area contributed by atoms with Crippen molar-refractivity contribution in [3.8, 4) is 0 Å². The Morgan fingerprint density at radius 2 is 2.05 bits per heavy atom. The number of rotatable bonds is 5. The first-order chi connectivity index (χ1) is 9.54. The molecule has 112 valence electrons. The predicted molar refractivity (Wildman–Crippen MR) is 83.6 cm³/mol. The van der Waals surface area contributed by atoms with Gasteiger partial charge in [-0.2, -0.15) is 5.10 Å². The van der Waals surface area contributed by atoms with Crippen LogP contribution in [-0.2, 0) is 24.7 Å². The summed E-state index contributed by atoms with van der Waals surface area (Å²) in [5, 5.41) is 4.46. The number of aryl methyl sites for hydroxylation is 2. The molecule has 1 aromatic rings. The summed E-state index contributed by atoms with van der Waals surface area (Å²) < 4.78 is 2.81. The number of carbonyl (C=O) groups excluding carboxylic acids is 1. The van der Waals surface area contributed by atoms with Crippen LogP contribution in [0.15, 0.2) is 4.47 Å². The van der Waals surface area contributed by atoms with Crippen molar-refractivity contribution in [2.45, 2.75) is 51.9 Å². The Balaban J connectivity index is 2.20. The number of nitrogens with two attached hydrogens (primary N) is 1. The molecule has 0 saturated heterocycles. The van der Waals surface area contributed by atoms with E-state index in [1.54, 1.807) is 0 Å². The molecule has 4 nitrogen and oxygen atoms in total. The Labute approximate surface area is 129 Å². The first-order valence-corrected chi connectivity index (χ1v) is 8.27. The zero-order valence-electron chi connectivity index (χ0n) is 12.4. The van der Waals surface area contributed by atoms with Gasteiger partial charge in [0.1, 0.15) is 5.78 Å². The minimum atomic E-state index is -0.297. The molecule has 2 N–H and O–H groups in total. The topological polar surface area (TPSA) is 60.9 Å². The van der Waals surface area contributed by atoms with Crippen LogP contribution in [0.3, 0.4) is 0 Å². The Bertz CT molecular complexity index is 490. The summed E-state index contributed by atoms with van der Waals surface area (Å²) in [7, 11) is 1.91. The molecule has 1 fully saturated rings. The van der Waals surface area contributed by atoms with Gasteiger partial charge >= 0.3 is 0 Å². The number of carbonyl (C=O) groups is 1.